The first-order valence-corrected chi connectivity index (χ1v) is 10.7. The van der Waals surface area contributed by atoms with Gasteiger partial charge >= 0.3 is 5.97 Å². The average molecular weight is 459 g/mol. The second-order valence-electron chi connectivity index (χ2n) is 8.59. The van der Waals surface area contributed by atoms with Crippen LogP contribution in [0.4, 0.5) is 10.7 Å². The molecule has 0 radical (unpaired) electrons. The quantitative estimate of drug-likeness (QED) is 0.318. The minimum absolute atomic E-state index is 0.00470. The van der Waals surface area contributed by atoms with Crippen LogP contribution in [-0.2, 0) is 22.5 Å². The zero-order chi connectivity index (χ0) is 23.4. The fraction of sp³-hybridized carbons (Fsp3) is 0.381. The number of nitro groups is 1. The van der Waals surface area contributed by atoms with Gasteiger partial charge in [0.15, 0.2) is 0 Å². The first-order chi connectivity index (χ1) is 15.0. The molecule has 1 aromatic carbocycles. The van der Waals surface area contributed by atoms with Gasteiger partial charge in [-0.1, -0.05) is 0 Å². The monoisotopic (exact) mass is 459 g/mol. The van der Waals surface area contributed by atoms with Gasteiger partial charge < -0.3 is 15.2 Å². The van der Waals surface area contributed by atoms with Gasteiger partial charge in [-0.05, 0) is 32.4 Å². The van der Waals surface area contributed by atoms with Gasteiger partial charge in [0.1, 0.15) is 10.6 Å². The zero-order valence-electron chi connectivity index (χ0n) is 17.7. The number of fused-ring (bicyclic) bond motifs is 2. The van der Waals surface area contributed by atoms with Crippen LogP contribution in [-0.4, -0.2) is 45.9 Å². The largest absolute Gasteiger partial charge is 0.456 e. The van der Waals surface area contributed by atoms with E-state index in [1.54, 1.807) is 20.8 Å². The van der Waals surface area contributed by atoms with Gasteiger partial charge in [0.25, 0.3) is 17.5 Å². The Balaban J connectivity index is 1.55. The molecule has 4 rings (SSSR count). The Kier molecular flexibility index (Phi) is 5.25. The molecule has 3 heterocycles. The molecular weight excluding hydrogens is 438 g/mol. The molecule has 11 heteroatoms. The SMILES string of the molecule is CC(C)(C)OC(=O)c1c(N)sc2c1CC(CN1C(=O)c3ccc([N+](=O)[O-])cc3C1=O)OC2. The Morgan fingerprint density at radius 2 is 2.00 bits per heavy atom. The molecule has 2 N–H and O–H groups in total. The van der Waals surface area contributed by atoms with Crippen LogP contribution in [0, 0.1) is 10.1 Å². The summed E-state index contributed by atoms with van der Waals surface area (Å²) in [6, 6.07) is 3.58. The Bertz CT molecular complexity index is 1160. The maximum absolute atomic E-state index is 12.8. The summed E-state index contributed by atoms with van der Waals surface area (Å²) in [5, 5.41) is 11.3. The van der Waals surface area contributed by atoms with E-state index in [1.165, 1.54) is 23.5 Å². The second-order valence-corrected chi connectivity index (χ2v) is 9.73. The highest BCUT2D eigenvalue weighted by Gasteiger charge is 2.40. The minimum Gasteiger partial charge on any atom is -0.456 e. The lowest BCUT2D eigenvalue weighted by Crippen LogP contribution is -2.40. The number of nitrogens with two attached hydrogens (primary N) is 1. The lowest BCUT2D eigenvalue weighted by atomic mass is 10.0. The van der Waals surface area contributed by atoms with E-state index < -0.39 is 34.4 Å². The average Bonchev–Trinajstić information content (AvgIpc) is 3.15. The number of anilines is 1. The number of amides is 2. The van der Waals surface area contributed by atoms with Gasteiger partial charge in [0.2, 0.25) is 0 Å². The molecule has 2 aliphatic rings. The lowest BCUT2D eigenvalue weighted by molar-refractivity contribution is -0.384. The molecule has 1 aromatic heterocycles. The Labute approximate surface area is 187 Å². The van der Waals surface area contributed by atoms with Crippen molar-refractivity contribution in [1.29, 1.82) is 0 Å². The van der Waals surface area contributed by atoms with Gasteiger partial charge in [-0.3, -0.25) is 24.6 Å². The molecule has 1 unspecified atom stereocenters. The fourth-order valence-electron chi connectivity index (χ4n) is 3.78. The molecule has 168 valence electrons. The molecule has 0 bridgehead atoms. The summed E-state index contributed by atoms with van der Waals surface area (Å²) in [6.07, 6.45) is -0.291. The van der Waals surface area contributed by atoms with Crippen LogP contribution in [0.15, 0.2) is 18.2 Å². The summed E-state index contributed by atoms with van der Waals surface area (Å²) in [7, 11) is 0. The van der Waals surface area contributed by atoms with E-state index in [0.717, 1.165) is 15.8 Å². The molecule has 32 heavy (non-hydrogen) atoms. The maximum atomic E-state index is 12.8. The molecule has 2 aliphatic heterocycles. The number of non-ortho nitro benzene ring substituents is 1. The maximum Gasteiger partial charge on any atom is 0.341 e. The molecule has 0 aliphatic carbocycles. The number of nitrogens with zero attached hydrogens (tertiary/aromatic N) is 2. The van der Waals surface area contributed by atoms with Crippen molar-refractivity contribution in [2.75, 3.05) is 12.3 Å². The highest BCUT2D eigenvalue weighted by atomic mass is 32.1. The lowest BCUT2D eigenvalue weighted by Gasteiger charge is -2.27. The summed E-state index contributed by atoms with van der Waals surface area (Å²) < 4.78 is 11.3. The number of ether oxygens (including phenoxy) is 2. The van der Waals surface area contributed by atoms with Crippen LogP contribution >= 0.6 is 11.3 Å². The number of hydrogen-bond acceptors (Lipinski definition) is 9. The van der Waals surface area contributed by atoms with E-state index >= 15 is 0 Å². The number of rotatable bonds is 4. The first-order valence-electron chi connectivity index (χ1n) is 9.86. The third kappa shape index (κ3) is 3.84. The number of nitrogen functional groups attached to an aromatic ring is 1. The van der Waals surface area contributed by atoms with Gasteiger partial charge in [-0.2, -0.15) is 0 Å². The number of nitro benzene ring substituents is 1. The van der Waals surface area contributed by atoms with Crippen LogP contribution in [0.25, 0.3) is 0 Å². The molecule has 2 aromatic rings. The topological polar surface area (TPSA) is 142 Å². The van der Waals surface area contributed by atoms with E-state index in [4.69, 9.17) is 15.2 Å². The van der Waals surface area contributed by atoms with Crippen LogP contribution in [0.3, 0.4) is 0 Å². The highest BCUT2D eigenvalue weighted by molar-refractivity contribution is 7.16. The van der Waals surface area contributed by atoms with Crippen LogP contribution < -0.4 is 5.73 Å². The van der Waals surface area contributed by atoms with Crippen LogP contribution in [0.5, 0.6) is 0 Å². The fourth-order valence-corrected chi connectivity index (χ4v) is 4.79. The Morgan fingerprint density at radius 3 is 2.66 bits per heavy atom. The summed E-state index contributed by atoms with van der Waals surface area (Å²) in [5.74, 6) is -1.67. The number of carbonyl (C=O) groups excluding carboxylic acids is 3. The number of hydrogen-bond donors (Lipinski definition) is 1. The van der Waals surface area contributed by atoms with Gasteiger partial charge in [-0.25, -0.2) is 4.79 Å². The van der Waals surface area contributed by atoms with Crippen molar-refractivity contribution in [3.05, 3.63) is 55.4 Å². The van der Waals surface area contributed by atoms with Crippen molar-refractivity contribution in [2.45, 2.75) is 45.5 Å². The molecule has 1 atom stereocenters. The van der Waals surface area contributed by atoms with E-state index in [9.17, 15) is 24.5 Å². The number of esters is 1. The molecule has 10 nitrogen and oxygen atoms in total. The normalized spacial score (nSPS) is 17.8. The van der Waals surface area contributed by atoms with Crippen molar-refractivity contribution in [3.63, 3.8) is 0 Å². The third-order valence-electron chi connectivity index (χ3n) is 5.15. The van der Waals surface area contributed by atoms with Crippen LogP contribution in [0.2, 0.25) is 0 Å². The highest BCUT2D eigenvalue weighted by Crippen LogP contribution is 2.37. The summed E-state index contributed by atoms with van der Waals surface area (Å²) in [4.78, 5) is 50.4. The summed E-state index contributed by atoms with van der Waals surface area (Å²) in [5.41, 5.74) is 6.24. The van der Waals surface area contributed by atoms with Crippen molar-refractivity contribution in [1.82, 2.24) is 4.90 Å². The standard InChI is InChI=1S/C21H21N3O7S/c1-21(2,3)31-20(27)16-14-7-11(30-9-15(14)32-17(16)22)8-23-18(25)12-5-4-10(24(28)29)6-13(12)19(23)26/h4-6,11H,7-9,22H2,1-3H3. The van der Waals surface area contributed by atoms with Crippen LogP contribution in [0.1, 0.15) is 62.3 Å². The van der Waals surface area contributed by atoms with Crippen molar-refractivity contribution in [3.8, 4) is 0 Å². The molecule has 2 amide bonds. The molecular formula is C21H21N3O7S. The number of carbonyl (C=O) groups is 3. The molecule has 0 fully saturated rings. The van der Waals surface area contributed by atoms with E-state index in [2.05, 4.69) is 0 Å². The smallest absolute Gasteiger partial charge is 0.341 e. The van der Waals surface area contributed by atoms with Crippen molar-refractivity contribution < 1.29 is 28.8 Å². The second kappa shape index (κ2) is 7.68. The van der Waals surface area contributed by atoms with Crippen molar-refractivity contribution in [2.24, 2.45) is 0 Å². The predicted octanol–water partition coefficient (Wildman–Crippen LogP) is 2.93. The molecule has 0 saturated carbocycles. The zero-order valence-corrected chi connectivity index (χ0v) is 18.5. The van der Waals surface area contributed by atoms with E-state index in [-0.39, 0.29) is 36.4 Å². The first kappa shape index (κ1) is 21.9. The van der Waals surface area contributed by atoms with Crippen molar-refractivity contribution >= 4 is 39.8 Å². The van der Waals surface area contributed by atoms with E-state index in [1.807, 2.05) is 0 Å². The number of thiophene rings is 1. The van der Waals surface area contributed by atoms with E-state index in [0.29, 0.717) is 16.1 Å². The summed E-state index contributed by atoms with van der Waals surface area (Å²) >= 11 is 1.25. The molecule has 0 spiro atoms. The number of benzene rings is 1. The van der Waals surface area contributed by atoms with Gasteiger partial charge in [0.05, 0.1) is 40.9 Å². The third-order valence-corrected chi connectivity index (χ3v) is 6.19. The Morgan fingerprint density at radius 1 is 1.31 bits per heavy atom. The Hall–Kier alpha value is -3.31. The van der Waals surface area contributed by atoms with Gasteiger partial charge in [-0.15, -0.1) is 11.3 Å². The molecule has 0 saturated heterocycles. The summed E-state index contributed by atoms with van der Waals surface area (Å²) in [6.45, 7) is 5.42. The van der Waals surface area contributed by atoms with Gasteiger partial charge in [0, 0.05) is 23.4 Å². The minimum atomic E-state index is -0.689. The predicted molar refractivity (Wildman–Crippen MR) is 115 cm³/mol. The number of imide groups is 1.